The predicted molar refractivity (Wildman–Crippen MR) is 88.6 cm³/mol. The number of thioether (sulfide) groups is 1. The van der Waals surface area contributed by atoms with Crippen molar-refractivity contribution in [3.63, 3.8) is 0 Å². The summed E-state index contributed by atoms with van der Waals surface area (Å²) in [5.74, 6) is -0.145. The van der Waals surface area contributed by atoms with Crippen molar-refractivity contribution >= 4 is 67.4 Å². The fourth-order valence-corrected chi connectivity index (χ4v) is 3.67. The largest absolute Gasteiger partial charge is 0.382 e. The maximum atomic E-state index is 12.3. The number of carbonyl (C=O) groups excluding carboxylic acids is 1. The number of anilines is 1. The number of hydrogen-bond acceptors (Lipinski definition) is 4. The average Bonchev–Trinajstić information content (AvgIpc) is 2.55. The third-order valence-electron chi connectivity index (χ3n) is 2.32. The molecule has 0 saturated carbocycles. The van der Waals surface area contributed by atoms with Crippen LogP contribution in [0.2, 0.25) is 5.02 Å². The summed E-state index contributed by atoms with van der Waals surface area (Å²) in [5, 5.41) is 0.483. The molecule has 1 aromatic carbocycles. The molecular formula is C12H10BrClN2OS2. The average molecular weight is 378 g/mol. The first-order valence-corrected chi connectivity index (χ1v) is 7.69. The van der Waals surface area contributed by atoms with E-state index in [0.29, 0.717) is 19.9 Å². The van der Waals surface area contributed by atoms with E-state index in [0.717, 1.165) is 4.47 Å². The van der Waals surface area contributed by atoms with Gasteiger partial charge in [-0.25, -0.2) is 0 Å². The fraction of sp³-hybridized carbons (Fsp3) is 0.167. The van der Waals surface area contributed by atoms with Crippen LogP contribution in [0, 0.1) is 0 Å². The summed E-state index contributed by atoms with van der Waals surface area (Å²) in [6.07, 6.45) is 1.76. The van der Waals surface area contributed by atoms with Crippen LogP contribution in [0.25, 0.3) is 0 Å². The van der Waals surface area contributed by atoms with E-state index in [9.17, 15) is 4.79 Å². The smallest absolute Gasteiger partial charge is 0.272 e. The minimum atomic E-state index is -0.145. The normalized spacial score (nSPS) is 17.5. The summed E-state index contributed by atoms with van der Waals surface area (Å²) in [6.45, 7) is 0. The Morgan fingerprint density at radius 1 is 1.47 bits per heavy atom. The molecule has 0 atom stereocenters. The molecular weight excluding hydrogens is 368 g/mol. The van der Waals surface area contributed by atoms with E-state index in [1.807, 2.05) is 25.1 Å². The lowest BCUT2D eigenvalue weighted by Crippen LogP contribution is -2.28. The second kappa shape index (κ2) is 5.83. The van der Waals surface area contributed by atoms with Crippen LogP contribution in [0.1, 0.15) is 0 Å². The standard InChI is InChI=1S/C12H10BrClN2OS2/c1-15(2)6-10-11(17)16(12(18)19-10)9-4-3-7(13)5-8(9)14/h3-6H,1-2H3/b10-6+. The molecule has 0 unspecified atom stereocenters. The quantitative estimate of drug-likeness (QED) is 0.576. The van der Waals surface area contributed by atoms with Gasteiger partial charge < -0.3 is 4.90 Å². The van der Waals surface area contributed by atoms with Gasteiger partial charge in [-0.05, 0) is 18.2 Å². The van der Waals surface area contributed by atoms with Crippen molar-refractivity contribution in [2.75, 3.05) is 19.0 Å². The van der Waals surface area contributed by atoms with Gasteiger partial charge in [-0.2, -0.15) is 0 Å². The van der Waals surface area contributed by atoms with E-state index in [4.69, 9.17) is 23.8 Å². The van der Waals surface area contributed by atoms with Crippen LogP contribution < -0.4 is 4.90 Å². The number of nitrogens with zero attached hydrogens (tertiary/aromatic N) is 2. The van der Waals surface area contributed by atoms with Gasteiger partial charge in [-0.3, -0.25) is 9.69 Å². The Hall–Kier alpha value is -0.560. The molecule has 2 rings (SSSR count). The van der Waals surface area contributed by atoms with E-state index in [1.165, 1.54) is 16.7 Å². The second-order valence-corrected chi connectivity index (χ2v) is 7.06. The van der Waals surface area contributed by atoms with Crippen molar-refractivity contribution in [3.05, 3.63) is 38.8 Å². The second-order valence-electron chi connectivity index (χ2n) is 4.06. The van der Waals surface area contributed by atoms with Gasteiger partial charge >= 0.3 is 0 Å². The van der Waals surface area contributed by atoms with E-state index in [1.54, 1.807) is 18.3 Å². The van der Waals surface area contributed by atoms with Crippen LogP contribution in [0.4, 0.5) is 5.69 Å². The monoisotopic (exact) mass is 376 g/mol. The zero-order valence-corrected chi connectivity index (χ0v) is 14.2. The highest BCUT2D eigenvalue weighted by Crippen LogP contribution is 2.38. The molecule has 0 aliphatic carbocycles. The molecule has 1 aromatic rings. The molecule has 19 heavy (non-hydrogen) atoms. The van der Waals surface area contributed by atoms with E-state index >= 15 is 0 Å². The molecule has 0 aromatic heterocycles. The Morgan fingerprint density at radius 2 is 2.16 bits per heavy atom. The first-order valence-electron chi connectivity index (χ1n) is 5.29. The topological polar surface area (TPSA) is 23.6 Å². The minimum absolute atomic E-state index is 0.145. The summed E-state index contributed by atoms with van der Waals surface area (Å²) >= 11 is 16.0. The summed E-state index contributed by atoms with van der Waals surface area (Å²) in [6, 6.07) is 5.34. The highest BCUT2D eigenvalue weighted by atomic mass is 79.9. The fourth-order valence-electron chi connectivity index (χ4n) is 1.56. The van der Waals surface area contributed by atoms with Crippen LogP contribution in [-0.4, -0.2) is 29.2 Å². The van der Waals surface area contributed by atoms with Crippen molar-refractivity contribution in [3.8, 4) is 0 Å². The van der Waals surface area contributed by atoms with Crippen LogP contribution >= 0.6 is 51.5 Å². The van der Waals surface area contributed by atoms with Crippen molar-refractivity contribution in [2.45, 2.75) is 0 Å². The first-order chi connectivity index (χ1) is 8.90. The van der Waals surface area contributed by atoms with Crippen LogP contribution in [0.5, 0.6) is 0 Å². The lowest BCUT2D eigenvalue weighted by atomic mass is 10.3. The number of carbonyl (C=O) groups is 1. The summed E-state index contributed by atoms with van der Waals surface area (Å²) in [4.78, 5) is 16.2. The molecule has 1 aliphatic rings. The molecule has 1 fully saturated rings. The highest BCUT2D eigenvalue weighted by Gasteiger charge is 2.34. The van der Waals surface area contributed by atoms with E-state index < -0.39 is 0 Å². The predicted octanol–water partition coefficient (Wildman–Crippen LogP) is 3.87. The van der Waals surface area contributed by atoms with Gasteiger partial charge in [0.1, 0.15) is 0 Å². The lowest BCUT2D eigenvalue weighted by molar-refractivity contribution is -0.113. The SMILES string of the molecule is CN(C)/C=C1/SC(=S)N(c2ccc(Br)cc2Cl)C1=O. The van der Waals surface area contributed by atoms with Crippen molar-refractivity contribution in [1.82, 2.24) is 4.90 Å². The van der Waals surface area contributed by atoms with Crippen LogP contribution in [0.3, 0.4) is 0 Å². The third-order valence-corrected chi connectivity index (χ3v) is 4.41. The Morgan fingerprint density at radius 3 is 2.74 bits per heavy atom. The number of hydrogen-bond donors (Lipinski definition) is 0. The molecule has 0 N–H and O–H groups in total. The van der Waals surface area contributed by atoms with Gasteiger partial charge in [0.05, 0.1) is 15.6 Å². The van der Waals surface area contributed by atoms with Crippen LogP contribution in [0.15, 0.2) is 33.8 Å². The summed E-state index contributed by atoms with van der Waals surface area (Å²) < 4.78 is 1.35. The molecule has 1 saturated heterocycles. The maximum Gasteiger partial charge on any atom is 0.272 e. The third kappa shape index (κ3) is 3.13. The van der Waals surface area contributed by atoms with Gasteiger partial charge in [0.15, 0.2) is 4.32 Å². The highest BCUT2D eigenvalue weighted by molar-refractivity contribution is 9.10. The Labute approximate surface area is 134 Å². The molecule has 0 bridgehead atoms. The lowest BCUT2D eigenvalue weighted by Gasteiger charge is -2.16. The number of halogens is 2. The first kappa shape index (κ1) is 14.8. The molecule has 100 valence electrons. The number of benzene rings is 1. The molecule has 0 radical (unpaired) electrons. The maximum absolute atomic E-state index is 12.3. The zero-order chi connectivity index (χ0) is 14.2. The Kier molecular flexibility index (Phi) is 4.55. The summed E-state index contributed by atoms with van der Waals surface area (Å²) in [7, 11) is 3.72. The molecule has 1 heterocycles. The molecule has 1 aliphatic heterocycles. The van der Waals surface area contributed by atoms with Crippen molar-refractivity contribution < 1.29 is 4.79 Å². The van der Waals surface area contributed by atoms with E-state index in [-0.39, 0.29) is 5.91 Å². The van der Waals surface area contributed by atoms with Gasteiger partial charge in [0, 0.05) is 24.8 Å². The Bertz CT molecular complexity index is 589. The molecule has 1 amide bonds. The van der Waals surface area contributed by atoms with Crippen molar-refractivity contribution in [1.29, 1.82) is 0 Å². The number of thiocarbonyl (C=S) groups is 1. The van der Waals surface area contributed by atoms with Gasteiger partial charge in [0.25, 0.3) is 5.91 Å². The number of rotatable bonds is 2. The molecule has 7 heteroatoms. The van der Waals surface area contributed by atoms with Gasteiger partial charge in [0.2, 0.25) is 0 Å². The van der Waals surface area contributed by atoms with E-state index in [2.05, 4.69) is 15.9 Å². The zero-order valence-electron chi connectivity index (χ0n) is 10.2. The van der Waals surface area contributed by atoms with Crippen LogP contribution in [-0.2, 0) is 4.79 Å². The van der Waals surface area contributed by atoms with Gasteiger partial charge in [-0.1, -0.05) is 51.5 Å². The summed E-state index contributed by atoms with van der Waals surface area (Å²) in [5.41, 5.74) is 0.606. The van der Waals surface area contributed by atoms with Gasteiger partial charge in [-0.15, -0.1) is 0 Å². The minimum Gasteiger partial charge on any atom is -0.382 e. The number of amides is 1. The van der Waals surface area contributed by atoms with Crippen molar-refractivity contribution in [2.24, 2.45) is 0 Å². The molecule has 0 spiro atoms. The Balaban J connectivity index is 2.41. The molecule has 3 nitrogen and oxygen atoms in total.